The molecule has 0 radical (unpaired) electrons. The summed E-state index contributed by atoms with van der Waals surface area (Å²) < 4.78 is 0. The van der Waals surface area contributed by atoms with Crippen LogP contribution in [0, 0.1) is 0 Å². The van der Waals surface area contributed by atoms with Crippen LogP contribution in [-0.4, -0.2) is 62.8 Å². The molecule has 5 N–H and O–H groups in total. The second-order valence-corrected chi connectivity index (χ2v) is 2.30. The molecule has 3 atom stereocenters. The molecule has 0 unspecified atom stereocenters. The molecule has 0 aliphatic heterocycles. The van der Waals surface area contributed by atoms with E-state index in [2.05, 4.69) is 0 Å². The molecular weight excluding hydrogens is 168 g/mol. The van der Waals surface area contributed by atoms with E-state index < -0.39 is 37.3 Å². The minimum absolute atomic E-state index is 0.787. The molecule has 0 heterocycles. The Bertz CT molecular complexity index is 147. The van der Waals surface area contributed by atoms with Gasteiger partial charge in [0.25, 0.3) is 0 Å². The van der Waals surface area contributed by atoms with E-state index in [0.717, 1.165) is 0 Å². The third-order valence-corrected chi connectivity index (χ3v) is 1.34. The van der Waals surface area contributed by atoms with E-state index in [1.54, 1.807) is 0 Å². The van der Waals surface area contributed by atoms with E-state index in [1.165, 1.54) is 0 Å². The third-order valence-electron chi connectivity index (χ3n) is 1.34. The van der Waals surface area contributed by atoms with Crippen molar-refractivity contribution in [1.29, 1.82) is 0 Å². The third kappa shape index (κ3) is 2.84. The van der Waals surface area contributed by atoms with Crippen molar-refractivity contribution in [1.82, 2.24) is 0 Å². The van der Waals surface area contributed by atoms with E-state index in [0.29, 0.717) is 0 Å². The Hall–Kier alpha value is -0.530. The highest BCUT2D eigenvalue weighted by Gasteiger charge is 2.28. The zero-order valence-electron chi connectivity index (χ0n) is 6.29. The van der Waals surface area contributed by atoms with Gasteiger partial charge in [-0.05, 0) is 0 Å². The molecule has 0 saturated carbocycles. The van der Waals surface area contributed by atoms with Gasteiger partial charge in [0.15, 0.2) is 5.78 Å². The molecule has 0 fully saturated rings. The van der Waals surface area contributed by atoms with E-state index in [9.17, 15) is 4.79 Å². The largest absolute Gasteiger partial charge is 0.394 e. The molecule has 12 heavy (non-hydrogen) atoms. The number of hydrogen-bond acceptors (Lipinski definition) is 6. The van der Waals surface area contributed by atoms with Crippen LogP contribution in [0.2, 0.25) is 0 Å². The molecule has 0 spiro atoms. The highest BCUT2D eigenvalue weighted by molar-refractivity contribution is 5.87. The van der Waals surface area contributed by atoms with Crippen LogP contribution in [0.5, 0.6) is 0 Å². The van der Waals surface area contributed by atoms with Crippen molar-refractivity contribution in [2.45, 2.75) is 18.3 Å². The summed E-state index contributed by atoms with van der Waals surface area (Å²) in [5.41, 5.74) is 0. The second-order valence-electron chi connectivity index (χ2n) is 2.30. The maximum absolute atomic E-state index is 10.7. The van der Waals surface area contributed by atoms with Gasteiger partial charge in [0.2, 0.25) is 0 Å². The predicted octanol–water partition coefficient (Wildman–Crippen LogP) is -3.38. The van der Waals surface area contributed by atoms with Gasteiger partial charge in [-0.15, -0.1) is 0 Å². The molecule has 6 nitrogen and oxygen atoms in total. The van der Waals surface area contributed by atoms with E-state index >= 15 is 0 Å². The van der Waals surface area contributed by atoms with Crippen LogP contribution in [0.25, 0.3) is 0 Å². The molecule has 0 aliphatic rings. The highest BCUT2D eigenvalue weighted by Crippen LogP contribution is 1.98. The minimum Gasteiger partial charge on any atom is -0.394 e. The standard InChI is InChI=1S/C6H12O6/c7-1-3(9)5(11)6(12)4(10)2-8/h3-5,7-11H,1-2H2/t3-,4-,5-/m1/s1. The van der Waals surface area contributed by atoms with Crippen molar-refractivity contribution in [3.8, 4) is 0 Å². The Morgan fingerprint density at radius 1 is 1.08 bits per heavy atom. The lowest BCUT2D eigenvalue weighted by atomic mass is 10.1. The van der Waals surface area contributed by atoms with Crippen molar-refractivity contribution >= 4 is 5.78 Å². The fourth-order valence-electron chi connectivity index (χ4n) is 0.577. The quantitative estimate of drug-likeness (QED) is 0.301. The van der Waals surface area contributed by atoms with Gasteiger partial charge < -0.3 is 25.5 Å². The first-order chi connectivity index (χ1) is 5.54. The molecule has 0 aromatic heterocycles. The van der Waals surface area contributed by atoms with E-state index in [-0.39, 0.29) is 0 Å². The molecule has 0 saturated heterocycles. The number of carbonyl (C=O) groups excluding carboxylic acids is 1. The maximum Gasteiger partial charge on any atom is 0.194 e. The first-order valence-electron chi connectivity index (χ1n) is 3.34. The van der Waals surface area contributed by atoms with Crippen LogP contribution in [0.15, 0.2) is 0 Å². The summed E-state index contributed by atoms with van der Waals surface area (Å²) in [5, 5.41) is 42.9. The van der Waals surface area contributed by atoms with Gasteiger partial charge in [0, 0.05) is 0 Å². The van der Waals surface area contributed by atoms with Gasteiger partial charge in [-0.2, -0.15) is 0 Å². The number of rotatable bonds is 5. The Morgan fingerprint density at radius 3 is 1.92 bits per heavy atom. The summed E-state index contributed by atoms with van der Waals surface area (Å²) in [6.07, 6.45) is -5.21. The molecular formula is C6H12O6. The second kappa shape index (κ2) is 5.18. The van der Waals surface area contributed by atoms with Crippen molar-refractivity contribution in [3.63, 3.8) is 0 Å². The molecule has 0 rings (SSSR count). The lowest BCUT2D eigenvalue weighted by Crippen LogP contribution is -2.43. The minimum atomic E-state index is -1.86. The Morgan fingerprint density at radius 2 is 1.58 bits per heavy atom. The highest BCUT2D eigenvalue weighted by atomic mass is 16.4. The van der Waals surface area contributed by atoms with Crippen LogP contribution in [-0.2, 0) is 4.79 Å². The summed E-state index contributed by atoms with van der Waals surface area (Å²) >= 11 is 0. The first kappa shape index (κ1) is 11.5. The number of aliphatic hydroxyl groups is 5. The number of hydrogen-bond donors (Lipinski definition) is 5. The number of ketones is 1. The molecule has 0 aromatic carbocycles. The normalized spacial score (nSPS) is 18.4. The molecule has 0 aliphatic carbocycles. The summed E-state index contributed by atoms with van der Waals surface area (Å²) in [7, 11) is 0. The Balaban J connectivity index is 4.09. The van der Waals surface area contributed by atoms with Crippen LogP contribution >= 0.6 is 0 Å². The van der Waals surface area contributed by atoms with Gasteiger partial charge in [-0.3, -0.25) is 4.79 Å². The molecule has 0 aromatic rings. The van der Waals surface area contributed by atoms with Gasteiger partial charge >= 0.3 is 0 Å². The zero-order chi connectivity index (χ0) is 9.72. The van der Waals surface area contributed by atoms with Gasteiger partial charge in [0.05, 0.1) is 13.2 Å². The fourth-order valence-corrected chi connectivity index (χ4v) is 0.577. The van der Waals surface area contributed by atoms with Crippen molar-refractivity contribution in [2.75, 3.05) is 13.2 Å². The zero-order valence-corrected chi connectivity index (χ0v) is 6.29. The molecule has 72 valence electrons. The number of aliphatic hydroxyl groups excluding tert-OH is 5. The van der Waals surface area contributed by atoms with Crippen LogP contribution in [0.1, 0.15) is 0 Å². The lowest BCUT2D eigenvalue weighted by Gasteiger charge is -2.16. The lowest BCUT2D eigenvalue weighted by molar-refractivity contribution is -0.144. The average molecular weight is 180 g/mol. The Labute approximate surface area is 68.7 Å². The fraction of sp³-hybridized carbons (Fsp3) is 0.833. The van der Waals surface area contributed by atoms with Gasteiger partial charge in [-0.1, -0.05) is 0 Å². The topological polar surface area (TPSA) is 118 Å². The van der Waals surface area contributed by atoms with Crippen LogP contribution < -0.4 is 0 Å². The average Bonchev–Trinajstić information content (AvgIpc) is 2.12. The number of carbonyl (C=O) groups is 1. The summed E-state index contributed by atoms with van der Waals surface area (Å²) in [6.45, 7) is -1.61. The first-order valence-corrected chi connectivity index (χ1v) is 3.34. The van der Waals surface area contributed by atoms with Gasteiger partial charge in [0.1, 0.15) is 18.3 Å². The van der Waals surface area contributed by atoms with E-state index in [4.69, 9.17) is 25.5 Å². The van der Waals surface area contributed by atoms with Crippen molar-refractivity contribution in [2.24, 2.45) is 0 Å². The molecule has 0 amide bonds. The summed E-state index contributed by atoms with van der Waals surface area (Å²) in [5.74, 6) is -1.11. The molecule has 6 heteroatoms. The SMILES string of the molecule is O=C([C@H](O)CO)[C@H](O)[C@H](O)CO. The van der Waals surface area contributed by atoms with Crippen LogP contribution in [0.3, 0.4) is 0 Å². The van der Waals surface area contributed by atoms with E-state index in [1.807, 2.05) is 0 Å². The van der Waals surface area contributed by atoms with Crippen molar-refractivity contribution < 1.29 is 30.3 Å². The number of Topliss-reactive ketones (excluding diaryl/α,β-unsaturated/α-hetero) is 1. The monoisotopic (exact) mass is 180 g/mol. The molecule has 0 bridgehead atoms. The van der Waals surface area contributed by atoms with Crippen LogP contribution in [0.4, 0.5) is 0 Å². The van der Waals surface area contributed by atoms with Crippen molar-refractivity contribution in [3.05, 3.63) is 0 Å². The summed E-state index contributed by atoms with van der Waals surface area (Å²) in [4.78, 5) is 10.7. The summed E-state index contributed by atoms with van der Waals surface area (Å²) in [6, 6.07) is 0. The maximum atomic E-state index is 10.7. The predicted molar refractivity (Wildman–Crippen MR) is 37.2 cm³/mol. The Kier molecular flexibility index (Phi) is 4.95. The van der Waals surface area contributed by atoms with Gasteiger partial charge in [-0.25, -0.2) is 0 Å². The smallest absolute Gasteiger partial charge is 0.194 e.